The third kappa shape index (κ3) is 4.95. The molecule has 0 spiro atoms. The number of H-pyrrole nitrogens is 1. The van der Waals surface area contributed by atoms with Crippen LogP contribution >= 0.6 is 11.3 Å². The van der Waals surface area contributed by atoms with E-state index in [0.717, 1.165) is 5.56 Å². The summed E-state index contributed by atoms with van der Waals surface area (Å²) in [5.74, 6) is -0.900. The third-order valence-electron chi connectivity index (χ3n) is 5.59. The van der Waals surface area contributed by atoms with Gasteiger partial charge in [-0.15, -0.1) is 0 Å². The third-order valence-corrected chi connectivity index (χ3v) is 6.30. The Kier molecular flexibility index (Phi) is 6.95. The molecule has 176 valence electrons. The quantitative estimate of drug-likeness (QED) is 0.305. The average molecular weight is 482 g/mol. The molecular formula is C25H24FN3O4S. The lowest BCUT2D eigenvalue weighted by molar-refractivity contribution is -0.129. The zero-order chi connectivity index (χ0) is 24.2. The number of amides is 2. The SMILES string of the molecule is COc1cccc(C(CNC(=O)C(O)c2ccsc2)NC(=O)c2cc3c(C)ccc(F)c3[nH]2)c1. The van der Waals surface area contributed by atoms with E-state index in [9.17, 15) is 19.1 Å². The normalized spacial score (nSPS) is 12.8. The second-order valence-electron chi connectivity index (χ2n) is 7.84. The van der Waals surface area contributed by atoms with Crippen molar-refractivity contribution in [3.63, 3.8) is 0 Å². The van der Waals surface area contributed by atoms with Crippen molar-refractivity contribution >= 4 is 34.1 Å². The molecule has 9 heteroatoms. The lowest BCUT2D eigenvalue weighted by Gasteiger charge is -2.21. The molecule has 34 heavy (non-hydrogen) atoms. The van der Waals surface area contributed by atoms with Gasteiger partial charge in [-0.3, -0.25) is 9.59 Å². The van der Waals surface area contributed by atoms with Gasteiger partial charge in [-0.05, 0) is 59.1 Å². The number of hydrogen-bond donors (Lipinski definition) is 4. The van der Waals surface area contributed by atoms with Crippen molar-refractivity contribution in [2.24, 2.45) is 0 Å². The van der Waals surface area contributed by atoms with Gasteiger partial charge in [0, 0.05) is 17.5 Å². The van der Waals surface area contributed by atoms with E-state index in [-0.39, 0.29) is 17.8 Å². The first-order chi connectivity index (χ1) is 16.4. The molecule has 0 saturated carbocycles. The topological polar surface area (TPSA) is 103 Å². The number of aryl methyl sites for hydroxylation is 1. The lowest BCUT2D eigenvalue weighted by atomic mass is 10.1. The van der Waals surface area contributed by atoms with Crippen LogP contribution in [-0.2, 0) is 4.79 Å². The Morgan fingerprint density at radius 3 is 2.71 bits per heavy atom. The van der Waals surface area contributed by atoms with Gasteiger partial charge in [0.1, 0.15) is 17.3 Å². The van der Waals surface area contributed by atoms with Gasteiger partial charge in [-0.2, -0.15) is 11.3 Å². The zero-order valence-electron chi connectivity index (χ0n) is 18.6. The molecule has 2 unspecified atom stereocenters. The number of carbonyl (C=O) groups excluding carboxylic acids is 2. The van der Waals surface area contributed by atoms with E-state index in [4.69, 9.17) is 4.74 Å². The predicted molar refractivity (Wildman–Crippen MR) is 128 cm³/mol. The first-order valence-corrected chi connectivity index (χ1v) is 11.5. The van der Waals surface area contributed by atoms with Gasteiger partial charge in [-0.1, -0.05) is 18.2 Å². The van der Waals surface area contributed by atoms with Crippen molar-refractivity contribution in [1.29, 1.82) is 0 Å². The van der Waals surface area contributed by atoms with Crippen LogP contribution in [0.2, 0.25) is 0 Å². The summed E-state index contributed by atoms with van der Waals surface area (Å²) in [5.41, 5.74) is 2.48. The number of aliphatic hydroxyl groups is 1. The summed E-state index contributed by atoms with van der Waals surface area (Å²) in [4.78, 5) is 28.4. The molecule has 4 N–H and O–H groups in total. The number of methoxy groups -OCH3 is 1. The average Bonchev–Trinajstić information content (AvgIpc) is 3.54. The number of ether oxygens (including phenoxy) is 1. The van der Waals surface area contributed by atoms with E-state index >= 15 is 0 Å². The van der Waals surface area contributed by atoms with E-state index in [1.165, 1.54) is 24.5 Å². The number of rotatable bonds is 8. The van der Waals surface area contributed by atoms with Crippen molar-refractivity contribution in [3.05, 3.63) is 87.5 Å². The maximum atomic E-state index is 14.2. The molecular weight excluding hydrogens is 457 g/mol. The summed E-state index contributed by atoms with van der Waals surface area (Å²) in [6.45, 7) is 1.86. The number of benzene rings is 2. The summed E-state index contributed by atoms with van der Waals surface area (Å²) in [7, 11) is 1.53. The smallest absolute Gasteiger partial charge is 0.268 e. The Hall–Kier alpha value is -3.69. The molecule has 7 nitrogen and oxygen atoms in total. The predicted octanol–water partition coefficient (Wildman–Crippen LogP) is 4.01. The lowest BCUT2D eigenvalue weighted by Crippen LogP contribution is -2.39. The molecule has 0 aliphatic heterocycles. The monoisotopic (exact) mass is 481 g/mol. The van der Waals surface area contributed by atoms with Crippen LogP contribution < -0.4 is 15.4 Å². The molecule has 2 amide bonds. The first-order valence-electron chi connectivity index (χ1n) is 10.6. The van der Waals surface area contributed by atoms with Crippen LogP contribution in [0.25, 0.3) is 10.9 Å². The highest BCUT2D eigenvalue weighted by Crippen LogP contribution is 2.24. The number of carbonyl (C=O) groups is 2. The molecule has 0 aliphatic rings. The largest absolute Gasteiger partial charge is 0.497 e. The Morgan fingerprint density at radius 1 is 1.18 bits per heavy atom. The number of thiophene rings is 1. The summed E-state index contributed by atoms with van der Waals surface area (Å²) < 4.78 is 19.5. The van der Waals surface area contributed by atoms with Crippen LogP contribution in [0.1, 0.15) is 39.3 Å². The second-order valence-corrected chi connectivity index (χ2v) is 8.62. The molecule has 4 aromatic rings. The minimum absolute atomic E-state index is 0.0204. The Morgan fingerprint density at radius 2 is 2.00 bits per heavy atom. The molecule has 0 bridgehead atoms. The van der Waals surface area contributed by atoms with E-state index in [0.29, 0.717) is 22.3 Å². The number of aliphatic hydroxyl groups excluding tert-OH is 1. The van der Waals surface area contributed by atoms with Gasteiger partial charge in [0.2, 0.25) is 0 Å². The highest BCUT2D eigenvalue weighted by molar-refractivity contribution is 7.08. The fraction of sp³-hybridized carbons (Fsp3) is 0.200. The maximum Gasteiger partial charge on any atom is 0.268 e. The first kappa shape index (κ1) is 23.5. The molecule has 2 heterocycles. The number of hydrogen-bond acceptors (Lipinski definition) is 5. The molecule has 4 rings (SSSR count). The van der Waals surface area contributed by atoms with Crippen molar-refractivity contribution < 1.29 is 23.8 Å². The molecule has 0 fully saturated rings. The van der Waals surface area contributed by atoms with Crippen LogP contribution in [0.15, 0.2) is 59.3 Å². The van der Waals surface area contributed by atoms with Crippen LogP contribution in [0.4, 0.5) is 4.39 Å². The highest BCUT2D eigenvalue weighted by atomic mass is 32.1. The fourth-order valence-corrected chi connectivity index (χ4v) is 4.35. The molecule has 2 atom stereocenters. The number of aromatic nitrogens is 1. The Balaban J connectivity index is 1.56. The van der Waals surface area contributed by atoms with Gasteiger partial charge in [0.15, 0.2) is 6.10 Å². The molecule has 0 saturated heterocycles. The Labute approximate surface area is 199 Å². The molecule has 0 aliphatic carbocycles. The number of halogens is 1. The zero-order valence-corrected chi connectivity index (χ0v) is 19.4. The van der Waals surface area contributed by atoms with Gasteiger partial charge in [-0.25, -0.2) is 4.39 Å². The van der Waals surface area contributed by atoms with Gasteiger partial charge < -0.3 is 25.5 Å². The summed E-state index contributed by atoms with van der Waals surface area (Å²) in [6, 6.07) is 12.7. The van der Waals surface area contributed by atoms with E-state index < -0.39 is 29.8 Å². The van der Waals surface area contributed by atoms with Crippen LogP contribution in [0, 0.1) is 12.7 Å². The van der Waals surface area contributed by atoms with Crippen LogP contribution in [0.5, 0.6) is 5.75 Å². The fourth-order valence-electron chi connectivity index (χ4n) is 3.68. The van der Waals surface area contributed by atoms with Gasteiger partial charge >= 0.3 is 0 Å². The van der Waals surface area contributed by atoms with Crippen molar-refractivity contribution in [2.75, 3.05) is 13.7 Å². The Bertz CT molecular complexity index is 1280. The standard InChI is InChI=1S/C25H24FN3O4S/c1-14-6-7-19(26)22-18(14)11-20(28-22)24(31)29-21(15-4-3-5-17(10-15)33-2)12-27-25(32)23(30)16-8-9-34-13-16/h3-11,13,21,23,28,30H,12H2,1-2H3,(H,27,32)(H,29,31). The highest BCUT2D eigenvalue weighted by Gasteiger charge is 2.22. The second kappa shape index (κ2) is 10.1. The summed E-state index contributed by atoms with van der Waals surface area (Å²) >= 11 is 1.38. The summed E-state index contributed by atoms with van der Waals surface area (Å²) in [5, 5.41) is 20.0. The van der Waals surface area contributed by atoms with Gasteiger partial charge in [0.05, 0.1) is 18.7 Å². The number of nitrogens with one attached hydrogen (secondary N) is 3. The number of fused-ring (bicyclic) bond motifs is 1. The van der Waals surface area contributed by atoms with Crippen molar-refractivity contribution in [3.8, 4) is 5.75 Å². The molecule has 2 aromatic heterocycles. The van der Waals surface area contributed by atoms with Crippen molar-refractivity contribution in [2.45, 2.75) is 19.1 Å². The van der Waals surface area contributed by atoms with Crippen LogP contribution in [-0.4, -0.2) is 35.6 Å². The maximum absolute atomic E-state index is 14.2. The van der Waals surface area contributed by atoms with E-state index in [1.807, 2.05) is 6.92 Å². The summed E-state index contributed by atoms with van der Waals surface area (Å²) in [6.07, 6.45) is -1.31. The number of aromatic amines is 1. The van der Waals surface area contributed by atoms with Gasteiger partial charge in [0.25, 0.3) is 11.8 Å². The minimum Gasteiger partial charge on any atom is -0.497 e. The minimum atomic E-state index is -1.31. The van der Waals surface area contributed by atoms with E-state index in [2.05, 4.69) is 15.6 Å². The van der Waals surface area contributed by atoms with Crippen LogP contribution in [0.3, 0.4) is 0 Å². The molecule has 0 radical (unpaired) electrons. The molecule has 2 aromatic carbocycles. The van der Waals surface area contributed by atoms with E-state index in [1.54, 1.807) is 53.2 Å². The van der Waals surface area contributed by atoms with Crippen molar-refractivity contribution in [1.82, 2.24) is 15.6 Å².